The quantitative estimate of drug-likeness (QED) is 0.427. The van der Waals surface area contributed by atoms with Gasteiger partial charge in [-0.05, 0) is 34.4 Å². The van der Waals surface area contributed by atoms with E-state index in [2.05, 4.69) is 58.9 Å². The van der Waals surface area contributed by atoms with Crippen LogP contribution >= 0.6 is 15.9 Å². The molecule has 0 saturated carbocycles. The van der Waals surface area contributed by atoms with E-state index >= 15 is 0 Å². The number of ketones is 1. The van der Waals surface area contributed by atoms with Gasteiger partial charge in [-0.1, -0.05) is 101 Å². The second-order valence-corrected chi connectivity index (χ2v) is 7.71. The molecule has 132 valence electrons. The van der Waals surface area contributed by atoms with Crippen LogP contribution in [0.3, 0.4) is 0 Å². The largest absolute Gasteiger partial charge is 0.293 e. The highest BCUT2D eigenvalue weighted by atomic mass is 79.9. The maximum Gasteiger partial charge on any atom is 0.170 e. The first-order valence-corrected chi connectivity index (χ1v) is 9.75. The molecule has 0 amide bonds. The Morgan fingerprint density at radius 2 is 1.44 bits per heavy atom. The normalized spacial score (nSPS) is 18.6. The highest BCUT2D eigenvalue weighted by molar-refractivity contribution is 9.10. The van der Waals surface area contributed by atoms with E-state index in [1.54, 1.807) is 0 Å². The highest BCUT2D eigenvalue weighted by Crippen LogP contribution is 2.40. The molecule has 0 fully saturated rings. The molecule has 0 unspecified atom stereocenters. The lowest BCUT2D eigenvalue weighted by Gasteiger charge is -2.20. The minimum absolute atomic E-state index is 0.00836. The summed E-state index contributed by atoms with van der Waals surface area (Å²) in [5.74, 6) is -0.0817. The molecule has 0 heterocycles. The van der Waals surface area contributed by atoms with E-state index in [0.29, 0.717) is 0 Å². The van der Waals surface area contributed by atoms with E-state index in [4.69, 9.17) is 0 Å². The fraction of sp³-hybridized carbons (Fsp3) is 0.0800. The van der Waals surface area contributed by atoms with Crippen molar-refractivity contribution < 1.29 is 4.79 Å². The summed E-state index contributed by atoms with van der Waals surface area (Å²) >= 11 is 3.42. The van der Waals surface area contributed by atoms with E-state index in [1.165, 1.54) is 11.1 Å². The molecule has 1 aliphatic rings. The lowest BCUT2D eigenvalue weighted by Crippen LogP contribution is -2.18. The van der Waals surface area contributed by atoms with Crippen molar-refractivity contribution in [2.45, 2.75) is 5.92 Å². The van der Waals surface area contributed by atoms with Gasteiger partial charge in [0.15, 0.2) is 5.78 Å². The van der Waals surface area contributed by atoms with Gasteiger partial charge in [0.2, 0.25) is 0 Å². The Morgan fingerprint density at radius 3 is 2.11 bits per heavy atom. The molecular weight excluding hydrogens is 396 g/mol. The van der Waals surface area contributed by atoms with Crippen LogP contribution in [0.5, 0.6) is 0 Å². The molecule has 3 aromatic carbocycles. The lowest BCUT2D eigenvalue weighted by atomic mass is 9.81. The number of hydrogen-bond acceptors (Lipinski definition) is 1. The Kier molecular flexibility index (Phi) is 4.91. The number of carbonyl (C=O) groups excluding carboxylic acids is 1. The molecule has 4 rings (SSSR count). The molecule has 0 saturated heterocycles. The van der Waals surface area contributed by atoms with Gasteiger partial charge in [-0.2, -0.15) is 0 Å². The van der Waals surface area contributed by atoms with E-state index in [-0.39, 0.29) is 17.6 Å². The van der Waals surface area contributed by atoms with Gasteiger partial charge < -0.3 is 0 Å². The van der Waals surface area contributed by atoms with Crippen molar-refractivity contribution in [3.63, 3.8) is 0 Å². The zero-order valence-electron chi connectivity index (χ0n) is 14.8. The molecule has 0 bridgehead atoms. The van der Waals surface area contributed by atoms with Crippen LogP contribution in [0.2, 0.25) is 0 Å². The predicted molar refractivity (Wildman–Crippen MR) is 115 cm³/mol. The standard InChI is InChI=1S/C25H19BrO/c1-17-7-16-23(25(27)21-12-14-22(26)15-13-21)24(17)20-10-8-19(9-11-20)18-5-3-2-4-6-18/h2-16,23-24H,1H2/t23-,24+/m0/s1. The number of benzene rings is 3. The summed E-state index contributed by atoms with van der Waals surface area (Å²) in [5, 5.41) is 0. The first kappa shape index (κ1) is 17.7. The third-order valence-corrected chi connectivity index (χ3v) is 5.61. The summed E-state index contributed by atoms with van der Waals surface area (Å²) in [6.07, 6.45) is 3.97. The van der Waals surface area contributed by atoms with Gasteiger partial charge in [0, 0.05) is 16.0 Å². The third-order valence-electron chi connectivity index (χ3n) is 5.08. The summed E-state index contributed by atoms with van der Waals surface area (Å²) < 4.78 is 0.971. The highest BCUT2D eigenvalue weighted by Gasteiger charge is 2.33. The van der Waals surface area contributed by atoms with Gasteiger partial charge >= 0.3 is 0 Å². The molecule has 1 nitrogen and oxygen atoms in total. The van der Waals surface area contributed by atoms with Gasteiger partial charge in [-0.3, -0.25) is 4.79 Å². The topological polar surface area (TPSA) is 17.1 Å². The van der Waals surface area contributed by atoms with Crippen molar-refractivity contribution in [2.75, 3.05) is 0 Å². The van der Waals surface area contributed by atoms with Gasteiger partial charge in [0.25, 0.3) is 0 Å². The summed E-state index contributed by atoms with van der Waals surface area (Å²) in [5.41, 5.74) is 5.20. The van der Waals surface area contributed by atoms with Crippen LogP contribution in [0.25, 0.3) is 11.1 Å². The molecule has 2 atom stereocenters. The van der Waals surface area contributed by atoms with E-state index in [1.807, 2.05) is 54.6 Å². The van der Waals surface area contributed by atoms with Crippen molar-refractivity contribution in [3.05, 3.63) is 119 Å². The Bertz CT molecular complexity index is 998. The maximum atomic E-state index is 13.1. The van der Waals surface area contributed by atoms with Gasteiger partial charge in [-0.15, -0.1) is 0 Å². The van der Waals surface area contributed by atoms with Gasteiger partial charge in [0.05, 0.1) is 5.92 Å². The fourth-order valence-corrected chi connectivity index (χ4v) is 3.92. The van der Waals surface area contributed by atoms with Crippen molar-refractivity contribution in [2.24, 2.45) is 5.92 Å². The summed E-state index contributed by atoms with van der Waals surface area (Å²) in [6, 6.07) is 26.3. The maximum absolute atomic E-state index is 13.1. The van der Waals surface area contributed by atoms with Crippen LogP contribution in [0, 0.1) is 5.92 Å². The average Bonchev–Trinajstić information content (AvgIpc) is 3.10. The lowest BCUT2D eigenvalue weighted by molar-refractivity contribution is 0.0939. The van der Waals surface area contributed by atoms with Crippen molar-refractivity contribution in [1.82, 2.24) is 0 Å². The van der Waals surface area contributed by atoms with Crippen molar-refractivity contribution in [1.29, 1.82) is 0 Å². The molecule has 0 aliphatic heterocycles. The Balaban J connectivity index is 1.62. The average molecular weight is 415 g/mol. The van der Waals surface area contributed by atoms with Crippen LogP contribution in [-0.4, -0.2) is 5.78 Å². The summed E-state index contributed by atoms with van der Waals surface area (Å²) in [7, 11) is 0. The molecular formula is C25H19BrO. The second kappa shape index (κ2) is 7.50. The van der Waals surface area contributed by atoms with E-state index in [9.17, 15) is 4.79 Å². The smallest absolute Gasteiger partial charge is 0.170 e. The predicted octanol–water partition coefficient (Wildman–Crippen LogP) is 6.82. The van der Waals surface area contributed by atoms with Crippen LogP contribution in [0.15, 0.2) is 108 Å². The van der Waals surface area contributed by atoms with E-state index < -0.39 is 0 Å². The van der Waals surface area contributed by atoms with E-state index in [0.717, 1.165) is 21.2 Å². The first-order valence-electron chi connectivity index (χ1n) is 8.95. The fourth-order valence-electron chi connectivity index (χ4n) is 3.65. The Morgan fingerprint density at radius 1 is 0.815 bits per heavy atom. The second-order valence-electron chi connectivity index (χ2n) is 6.80. The number of carbonyl (C=O) groups is 1. The number of hydrogen-bond donors (Lipinski definition) is 0. The minimum Gasteiger partial charge on any atom is -0.293 e. The third kappa shape index (κ3) is 3.58. The monoisotopic (exact) mass is 414 g/mol. The molecule has 2 heteroatoms. The SMILES string of the molecule is C=C1C=C[C@H](C(=O)c2ccc(Br)cc2)[C@H]1c1ccc(-c2ccccc2)cc1. The van der Waals surface area contributed by atoms with Crippen molar-refractivity contribution >= 4 is 21.7 Å². The molecule has 3 aromatic rings. The molecule has 0 spiro atoms. The van der Waals surface area contributed by atoms with Crippen LogP contribution < -0.4 is 0 Å². The number of allylic oxidation sites excluding steroid dienone is 3. The summed E-state index contributed by atoms with van der Waals surface area (Å²) in [6.45, 7) is 4.19. The number of halogens is 1. The molecule has 0 radical (unpaired) electrons. The van der Waals surface area contributed by atoms with Crippen molar-refractivity contribution in [3.8, 4) is 11.1 Å². The van der Waals surface area contributed by atoms with Gasteiger partial charge in [-0.25, -0.2) is 0 Å². The molecule has 0 N–H and O–H groups in total. The number of rotatable bonds is 4. The first-order chi connectivity index (χ1) is 13.1. The Labute approximate surface area is 168 Å². The minimum atomic E-state index is -0.207. The zero-order chi connectivity index (χ0) is 18.8. The molecule has 0 aromatic heterocycles. The molecule has 1 aliphatic carbocycles. The number of Topliss-reactive ketones (excluding diaryl/α,β-unsaturated/α-hetero) is 1. The van der Waals surface area contributed by atoms with Crippen LogP contribution in [0.4, 0.5) is 0 Å². The zero-order valence-corrected chi connectivity index (χ0v) is 16.4. The Hall–Kier alpha value is -2.71. The van der Waals surface area contributed by atoms with Crippen LogP contribution in [-0.2, 0) is 0 Å². The van der Waals surface area contributed by atoms with Crippen LogP contribution in [0.1, 0.15) is 21.8 Å². The summed E-state index contributed by atoms with van der Waals surface area (Å²) in [4.78, 5) is 13.1. The molecule has 27 heavy (non-hydrogen) atoms. The van der Waals surface area contributed by atoms with Gasteiger partial charge in [0.1, 0.15) is 0 Å².